The molecular formula is C17H27NO2. The first-order valence-corrected chi connectivity index (χ1v) is 7.79. The molecule has 0 aromatic heterocycles. The van der Waals surface area contributed by atoms with Crippen LogP contribution in [-0.2, 0) is 4.74 Å². The van der Waals surface area contributed by atoms with Gasteiger partial charge >= 0.3 is 0 Å². The molecule has 0 aliphatic heterocycles. The molecule has 0 spiro atoms. The summed E-state index contributed by atoms with van der Waals surface area (Å²) < 4.78 is 11.8. The normalized spacial score (nSPS) is 18.9. The predicted molar refractivity (Wildman–Crippen MR) is 82.2 cm³/mol. The largest absolute Gasteiger partial charge is 0.494 e. The molecule has 2 rings (SSSR count). The Morgan fingerprint density at radius 2 is 1.95 bits per heavy atom. The SMILES string of the molecule is CCOc1cccc(C(NC)C2(OCC)CCCC2)c1. The fourth-order valence-electron chi connectivity index (χ4n) is 3.46. The molecule has 3 heteroatoms. The number of benzene rings is 1. The monoisotopic (exact) mass is 277 g/mol. The quantitative estimate of drug-likeness (QED) is 0.824. The van der Waals surface area contributed by atoms with Crippen molar-refractivity contribution in [1.29, 1.82) is 0 Å². The van der Waals surface area contributed by atoms with Crippen LogP contribution in [0, 0.1) is 0 Å². The van der Waals surface area contributed by atoms with Crippen molar-refractivity contribution in [3.8, 4) is 5.75 Å². The summed E-state index contributed by atoms with van der Waals surface area (Å²) in [5.74, 6) is 0.940. The van der Waals surface area contributed by atoms with E-state index in [-0.39, 0.29) is 11.6 Å². The van der Waals surface area contributed by atoms with E-state index in [9.17, 15) is 0 Å². The number of likely N-dealkylation sites (N-methyl/N-ethyl adjacent to an activating group) is 1. The summed E-state index contributed by atoms with van der Waals surface area (Å²) in [6.45, 7) is 5.57. The van der Waals surface area contributed by atoms with Gasteiger partial charge in [0.1, 0.15) is 5.75 Å². The molecule has 0 bridgehead atoms. The second-order valence-corrected chi connectivity index (χ2v) is 5.43. The lowest BCUT2D eigenvalue weighted by Crippen LogP contribution is -2.43. The van der Waals surface area contributed by atoms with E-state index in [1.165, 1.54) is 18.4 Å². The van der Waals surface area contributed by atoms with Gasteiger partial charge < -0.3 is 14.8 Å². The average Bonchev–Trinajstić information content (AvgIpc) is 2.90. The van der Waals surface area contributed by atoms with Crippen molar-refractivity contribution >= 4 is 0 Å². The van der Waals surface area contributed by atoms with Crippen LogP contribution >= 0.6 is 0 Å². The zero-order chi connectivity index (χ0) is 14.4. The van der Waals surface area contributed by atoms with E-state index < -0.39 is 0 Å². The molecular weight excluding hydrogens is 250 g/mol. The lowest BCUT2D eigenvalue weighted by atomic mass is 9.86. The van der Waals surface area contributed by atoms with Gasteiger partial charge in [-0.25, -0.2) is 0 Å². The molecule has 112 valence electrons. The highest BCUT2D eigenvalue weighted by Gasteiger charge is 2.42. The second kappa shape index (κ2) is 7.09. The molecule has 0 saturated heterocycles. The summed E-state index contributed by atoms with van der Waals surface area (Å²) in [6, 6.07) is 8.62. The summed E-state index contributed by atoms with van der Waals surface area (Å²) in [5, 5.41) is 3.47. The molecule has 0 amide bonds. The van der Waals surface area contributed by atoms with Crippen LogP contribution < -0.4 is 10.1 Å². The van der Waals surface area contributed by atoms with Gasteiger partial charge in [-0.2, -0.15) is 0 Å². The fraction of sp³-hybridized carbons (Fsp3) is 0.647. The molecule has 0 radical (unpaired) electrons. The van der Waals surface area contributed by atoms with Gasteiger partial charge in [0.2, 0.25) is 0 Å². The maximum atomic E-state index is 6.19. The molecule has 1 aromatic carbocycles. The maximum absolute atomic E-state index is 6.19. The first-order valence-electron chi connectivity index (χ1n) is 7.79. The summed E-state index contributed by atoms with van der Waals surface area (Å²) in [5.41, 5.74) is 1.20. The van der Waals surface area contributed by atoms with Crippen LogP contribution in [0.1, 0.15) is 51.1 Å². The standard InChI is InChI=1S/C17H27NO2/c1-4-19-15-10-8-9-14(13-15)16(18-3)17(20-5-2)11-6-7-12-17/h8-10,13,16,18H,4-7,11-12H2,1-3H3. The van der Waals surface area contributed by atoms with Crippen molar-refractivity contribution in [2.45, 2.75) is 51.2 Å². The van der Waals surface area contributed by atoms with Gasteiger partial charge in [-0.3, -0.25) is 0 Å². The number of ether oxygens (including phenoxy) is 2. The first kappa shape index (κ1) is 15.3. The van der Waals surface area contributed by atoms with E-state index in [1.54, 1.807) is 0 Å². The Bertz CT molecular complexity index is 413. The molecule has 20 heavy (non-hydrogen) atoms. The third-order valence-electron chi connectivity index (χ3n) is 4.20. The van der Waals surface area contributed by atoms with Crippen LogP contribution in [0.25, 0.3) is 0 Å². The summed E-state index contributed by atoms with van der Waals surface area (Å²) in [7, 11) is 2.02. The lowest BCUT2D eigenvalue weighted by Gasteiger charge is -2.37. The zero-order valence-corrected chi connectivity index (χ0v) is 12.9. The van der Waals surface area contributed by atoms with E-state index in [1.807, 2.05) is 20.0 Å². The third kappa shape index (κ3) is 3.15. The van der Waals surface area contributed by atoms with E-state index >= 15 is 0 Å². The van der Waals surface area contributed by atoms with Gasteiger partial charge in [0, 0.05) is 6.61 Å². The smallest absolute Gasteiger partial charge is 0.119 e. The van der Waals surface area contributed by atoms with Crippen molar-refractivity contribution in [2.24, 2.45) is 0 Å². The highest BCUT2D eigenvalue weighted by molar-refractivity contribution is 5.32. The van der Waals surface area contributed by atoms with Crippen molar-refractivity contribution in [3.05, 3.63) is 29.8 Å². The molecule has 1 saturated carbocycles. The number of hydrogen-bond donors (Lipinski definition) is 1. The van der Waals surface area contributed by atoms with E-state index in [2.05, 4.69) is 30.4 Å². The molecule has 3 nitrogen and oxygen atoms in total. The first-order chi connectivity index (χ1) is 9.75. The number of nitrogens with one attached hydrogen (secondary N) is 1. The predicted octanol–water partition coefficient (Wildman–Crippen LogP) is 3.70. The maximum Gasteiger partial charge on any atom is 0.119 e. The Balaban J connectivity index is 2.28. The van der Waals surface area contributed by atoms with Crippen LogP contribution in [0.3, 0.4) is 0 Å². The van der Waals surface area contributed by atoms with Gasteiger partial charge in [-0.05, 0) is 51.4 Å². The van der Waals surface area contributed by atoms with Gasteiger partial charge in [-0.1, -0.05) is 25.0 Å². The van der Waals surface area contributed by atoms with Gasteiger partial charge in [-0.15, -0.1) is 0 Å². The fourth-order valence-corrected chi connectivity index (χ4v) is 3.46. The van der Waals surface area contributed by atoms with Crippen LogP contribution in [0.4, 0.5) is 0 Å². The average molecular weight is 277 g/mol. The lowest BCUT2D eigenvalue weighted by molar-refractivity contribution is -0.0610. The van der Waals surface area contributed by atoms with Crippen molar-refractivity contribution in [3.63, 3.8) is 0 Å². The molecule has 1 unspecified atom stereocenters. The Hall–Kier alpha value is -1.06. The highest BCUT2D eigenvalue weighted by Crippen LogP contribution is 2.43. The molecule has 1 fully saturated rings. The Kier molecular flexibility index (Phi) is 5.44. The van der Waals surface area contributed by atoms with Gasteiger partial charge in [0.15, 0.2) is 0 Å². The highest BCUT2D eigenvalue weighted by atomic mass is 16.5. The molecule has 0 heterocycles. The Morgan fingerprint density at radius 1 is 1.20 bits per heavy atom. The van der Waals surface area contributed by atoms with Crippen LogP contribution in [0.2, 0.25) is 0 Å². The van der Waals surface area contributed by atoms with E-state index in [4.69, 9.17) is 9.47 Å². The number of hydrogen-bond acceptors (Lipinski definition) is 3. The third-order valence-corrected chi connectivity index (χ3v) is 4.20. The Labute approximate surface area is 122 Å². The van der Waals surface area contributed by atoms with Crippen molar-refractivity contribution < 1.29 is 9.47 Å². The van der Waals surface area contributed by atoms with Gasteiger partial charge in [0.25, 0.3) is 0 Å². The summed E-state index contributed by atoms with van der Waals surface area (Å²) >= 11 is 0. The minimum atomic E-state index is -0.0612. The van der Waals surface area contributed by atoms with Gasteiger partial charge in [0.05, 0.1) is 18.2 Å². The van der Waals surface area contributed by atoms with Crippen molar-refractivity contribution in [2.75, 3.05) is 20.3 Å². The molecule has 1 aromatic rings. The summed E-state index contributed by atoms with van der Waals surface area (Å²) in [6.07, 6.45) is 4.77. The second-order valence-electron chi connectivity index (χ2n) is 5.43. The minimum Gasteiger partial charge on any atom is -0.494 e. The topological polar surface area (TPSA) is 30.5 Å². The van der Waals surface area contributed by atoms with Crippen LogP contribution in [-0.4, -0.2) is 25.9 Å². The Morgan fingerprint density at radius 3 is 2.55 bits per heavy atom. The summed E-state index contributed by atoms with van der Waals surface area (Å²) in [4.78, 5) is 0. The van der Waals surface area contributed by atoms with Crippen molar-refractivity contribution in [1.82, 2.24) is 5.32 Å². The number of rotatable bonds is 7. The molecule has 1 N–H and O–H groups in total. The van der Waals surface area contributed by atoms with E-state index in [0.29, 0.717) is 6.61 Å². The van der Waals surface area contributed by atoms with Crippen LogP contribution in [0.15, 0.2) is 24.3 Å². The molecule has 1 aliphatic carbocycles. The molecule has 1 aliphatic rings. The van der Waals surface area contributed by atoms with Crippen LogP contribution in [0.5, 0.6) is 5.75 Å². The van der Waals surface area contributed by atoms with E-state index in [0.717, 1.165) is 25.2 Å². The molecule has 1 atom stereocenters. The zero-order valence-electron chi connectivity index (χ0n) is 12.9. The minimum absolute atomic E-state index is 0.0612.